The second-order valence-corrected chi connectivity index (χ2v) is 5.83. The lowest BCUT2D eigenvalue weighted by molar-refractivity contribution is 0.478. The number of hydrogen-bond donors (Lipinski definition) is 1. The highest BCUT2D eigenvalue weighted by molar-refractivity contribution is 7.99. The van der Waals surface area contributed by atoms with Gasteiger partial charge in [-0.05, 0) is 48.5 Å². The molecule has 0 radical (unpaired) electrons. The summed E-state index contributed by atoms with van der Waals surface area (Å²) in [5.74, 6) is 4.06. The first-order valence-electron chi connectivity index (χ1n) is 6.03. The number of nitrogens with one attached hydrogen (secondary N) is 1. The van der Waals surface area contributed by atoms with Gasteiger partial charge in [-0.2, -0.15) is 11.8 Å². The molecule has 0 unspecified atom stereocenters. The second-order valence-electron chi connectivity index (χ2n) is 4.60. The molecule has 0 aliphatic carbocycles. The summed E-state index contributed by atoms with van der Waals surface area (Å²) in [7, 11) is 0. The molecule has 0 spiro atoms. The van der Waals surface area contributed by atoms with Crippen LogP contribution in [0.15, 0.2) is 18.2 Å². The third kappa shape index (κ3) is 2.46. The molecule has 1 aromatic heterocycles. The molecule has 1 N–H and O–H groups in total. The minimum absolute atomic E-state index is 0.207. The van der Waals surface area contributed by atoms with Crippen molar-refractivity contribution >= 4 is 22.8 Å². The first-order chi connectivity index (χ1) is 8.31. The Morgan fingerprint density at radius 2 is 2.18 bits per heavy atom. The van der Waals surface area contributed by atoms with Gasteiger partial charge in [0.05, 0.1) is 11.0 Å². The van der Waals surface area contributed by atoms with Crippen molar-refractivity contribution in [1.29, 1.82) is 0 Å². The fourth-order valence-electron chi connectivity index (χ4n) is 2.36. The highest BCUT2D eigenvalue weighted by Gasteiger charge is 2.16. The van der Waals surface area contributed by atoms with E-state index in [1.165, 1.54) is 36.5 Å². The van der Waals surface area contributed by atoms with Crippen molar-refractivity contribution in [2.45, 2.75) is 19.3 Å². The molecule has 0 saturated carbocycles. The van der Waals surface area contributed by atoms with Gasteiger partial charge < -0.3 is 4.98 Å². The summed E-state index contributed by atoms with van der Waals surface area (Å²) in [5.41, 5.74) is 1.68. The Labute approximate surface area is 104 Å². The first kappa shape index (κ1) is 11.1. The molecule has 2 aromatic rings. The van der Waals surface area contributed by atoms with Crippen LogP contribution < -0.4 is 0 Å². The van der Waals surface area contributed by atoms with E-state index in [9.17, 15) is 4.39 Å². The maximum Gasteiger partial charge on any atom is 0.125 e. The minimum Gasteiger partial charge on any atom is -0.342 e. The fraction of sp³-hybridized carbons (Fsp3) is 0.462. The predicted octanol–water partition coefficient (Wildman–Crippen LogP) is 3.39. The molecule has 4 heteroatoms. The van der Waals surface area contributed by atoms with Gasteiger partial charge in [0, 0.05) is 6.42 Å². The fourth-order valence-corrected chi connectivity index (χ4v) is 3.56. The summed E-state index contributed by atoms with van der Waals surface area (Å²) in [5, 5.41) is 0. The van der Waals surface area contributed by atoms with Gasteiger partial charge in [0.25, 0.3) is 0 Å². The number of thioether (sulfide) groups is 1. The number of nitrogens with zero attached hydrogens (tertiary/aromatic N) is 1. The average molecular weight is 250 g/mol. The van der Waals surface area contributed by atoms with Crippen LogP contribution in [0, 0.1) is 11.7 Å². The van der Waals surface area contributed by atoms with Crippen molar-refractivity contribution in [2.75, 3.05) is 11.5 Å². The number of aromatic amines is 1. The van der Waals surface area contributed by atoms with Crippen LogP contribution >= 0.6 is 11.8 Å². The van der Waals surface area contributed by atoms with Crippen LogP contribution in [0.3, 0.4) is 0 Å². The van der Waals surface area contributed by atoms with E-state index in [0.717, 1.165) is 29.2 Å². The Morgan fingerprint density at radius 3 is 3.00 bits per heavy atom. The highest BCUT2D eigenvalue weighted by atomic mass is 32.2. The molecule has 0 bridgehead atoms. The highest BCUT2D eigenvalue weighted by Crippen LogP contribution is 2.25. The number of fused-ring (bicyclic) bond motifs is 1. The number of H-pyrrole nitrogens is 1. The zero-order valence-electron chi connectivity index (χ0n) is 9.58. The van der Waals surface area contributed by atoms with Crippen LogP contribution in [0.4, 0.5) is 4.39 Å². The van der Waals surface area contributed by atoms with Crippen molar-refractivity contribution < 1.29 is 4.39 Å². The van der Waals surface area contributed by atoms with E-state index in [1.54, 1.807) is 6.07 Å². The van der Waals surface area contributed by atoms with Gasteiger partial charge in [-0.25, -0.2) is 9.37 Å². The maximum atomic E-state index is 13.1. The standard InChI is InChI=1S/C13H15FN2S/c14-10-1-2-11-12(8-10)16-13(15-11)7-9-3-5-17-6-4-9/h1-2,8-9H,3-7H2,(H,15,16). The van der Waals surface area contributed by atoms with Gasteiger partial charge in [0.1, 0.15) is 11.6 Å². The van der Waals surface area contributed by atoms with Crippen molar-refractivity contribution in [2.24, 2.45) is 5.92 Å². The summed E-state index contributed by atoms with van der Waals surface area (Å²) >= 11 is 2.04. The monoisotopic (exact) mass is 250 g/mol. The molecular weight excluding hydrogens is 235 g/mol. The van der Waals surface area contributed by atoms with E-state index >= 15 is 0 Å². The molecule has 1 saturated heterocycles. The number of imidazole rings is 1. The second kappa shape index (κ2) is 4.69. The minimum atomic E-state index is -0.207. The Kier molecular flexibility index (Phi) is 3.05. The Hall–Kier alpha value is -1.03. The van der Waals surface area contributed by atoms with Crippen LogP contribution in [0.1, 0.15) is 18.7 Å². The molecular formula is C13H15FN2S. The van der Waals surface area contributed by atoms with Crippen molar-refractivity contribution in [3.8, 4) is 0 Å². The van der Waals surface area contributed by atoms with E-state index in [-0.39, 0.29) is 5.82 Å². The topological polar surface area (TPSA) is 28.7 Å². The molecule has 3 rings (SSSR count). The number of benzene rings is 1. The predicted molar refractivity (Wildman–Crippen MR) is 69.8 cm³/mol. The van der Waals surface area contributed by atoms with Gasteiger partial charge in [-0.1, -0.05) is 0 Å². The molecule has 17 heavy (non-hydrogen) atoms. The molecule has 0 atom stereocenters. The Morgan fingerprint density at radius 1 is 1.35 bits per heavy atom. The van der Waals surface area contributed by atoms with E-state index in [1.807, 2.05) is 11.8 Å². The van der Waals surface area contributed by atoms with Crippen LogP contribution in [-0.4, -0.2) is 21.5 Å². The third-order valence-corrected chi connectivity index (χ3v) is 4.36. The third-order valence-electron chi connectivity index (χ3n) is 3.32. The van der Waals surface area contributed by atoms with E-state index in [4.69, 9.17) is 0 Å². The van der Waals surface area contributed by atoms with Crippen molar-refractivity contribution in [3.63, 3.8) is 0 Å². The molecule has 2 nitrogen and oxygen atoms in total. The summed E-state index contributed by atoms with van der Waals surface area (Å²) in [4.78, 5) is 7.74. The molecule has 0 amide bonds. The van der Waals surface area contributed by atoms with E-state index < -0.39 is 0 Å². The maximum absolute atomic E-state index is 13.1. The van der Waals surface area contributed by atoms with Gasteiger partial charge in [-0.3, -0.25) is 0 Å². The largest absolute Gasteiger partial charge is 0.342 e. The first-order valence-corrected chi connectivity index (χ1v) is 7.18. The summed E-state index contributed by atoms with van der Waals surface area (Å²) in [6.45, 7) is 0. The van der Waals surface area contributed by atoms with Gasteiger partial charge in [0.2, 0.25) is 0 Å². The lowest BCUT2D eigenvalue weighted by atomic mass is 9.99. The van der Waals surface area contributed by atoms with Crippen molar-refractivity contribution in [3.05, 3.63) is 29.8 Å². The molecule has 1 aliphatic rings. The lowest BCUT2D eigenvalue weighted by Gasteiger charge is -2.19. The van der Waals surface area contributed by atoms with Crippen LogP contribution in [-0.2, 0) is 6.42 Å². The summed E-state index contributed by atoms with van der Waals surface area (Å²) in [6.07, 6.45) is 3.54. The van der Waals surface area contributed by atoms with E-state index in [2.05, 4.69) is 9.97 Å². The van der Waals surface area contributed by atoms with Crippen molar-refractivity contribution in [1.82, 2.24) is 9.97 Å². The zero-order valence-corrected chi connectivity index (χ0v) is 10.4. The zero-order chi connectivity index (χ0) is 11.7. The Balaban J connectivity index is 1.80. The van der Waals surface area contributed by atoms with Crippen LogP contribution in [0.5, 0.6) is 0 Å². The molecule has 2 heterocycles. The normalized spacial score (nSPS) is 17.7. The number of halogens is 1. The van der Waals surface area contributed by atoms with Crippen LogP contribution in [0.2, 0.25) is 0 Å². The SMILES string of the molecule is Fc1ccc2nc(CC3CCSCC3)[nH]c2c1. The Bertz CT molecular complexity index is 517. The molecule has 90 valence electrons. The molecule has 1 fully saturated rings. The van der Waals surface area contributed by atoms with Gasteiger partial charge in [-0.15, -0.1) is 0 Å². The molecule has 1 aliphatic heterocycles. The van der Waals surface area contributed by atoms with E-state index in [0.29, 0.717) is 0 Å². The number of hydrogen-bond acceptors (Lipinski definition) is 2. The van der Waals surface area contributed by atoms with Crippen LogP contribution in [0.25, 0.3) is 11.0 Å². The summed E-state index contributed by atoms with van der Waals surface area (Å²) < 4.78 is 13.1. The summed E-state index contributed by atoms with van der Waals surface area (Å²) in [6, 6.07) is 4.72. The average Bonchev–Trinajstić information content (AvgIpc) is 2.71. The van der Waals surface area contributed by atoms with Gasteiger partial charge in [0.15, 0.2) is 0 Å². The number of rotatable bonds is 2. The quantitative estimate of drug-likeness (QED) is 0.885. The lowest BCUT2D eigenvalue weighted by Crippen LogP contribution is -2.12. The number of aromatic nitrogens is 2. The van der Waals surface area contributed by atoms with Gasteiger partial charge >= 0.3 is 0 Å². The molecule has 1 aromatic carbocycles. The smallest absolute Gasteiger partial charge is 0.125 e.